The summed E-state index contributed by atoms with van der Waals surface area (Å²) in [7, 11) is 0. The Kier molecular flexibility index (Phi) is 10.2. The van der Waals surface area contributed by atoms with Crippen LogP contribution in [0.5, 0.6) is 0 Å². The maximum atomic E-state index is 13.5. The van der Waals surface area contributed by atoms with Gasteiger partial charge in [0.25, 0.3) is 11.8 Å². The first-order valence-electron chi connectivity index (χ1n) is 14.3. The summed E-state index contributed by atoms with van der Waals surface area (Å²) in [5.74, 6) is -1.03. The number of nitrogens with zero attached hydrogens (tertiary/aromatic N) is 1. The molecule has 0 aliphatic rings. The van der Waals surface area contributed by atoms with E-state index in [2.05, 4.69) is 20.9 Å². The van der Waals surface area contributed by atoms with Crippen molar-refractivity contribution in [3.8, 4) is 11.3 Å². The number of amides is 3. The van der Waals surface area contributed by atoms with Gasteiger partial charge < -0.3 is 16.0 Å². The number of carbonyl (C=O) groups is 3. The van der Waals surface area contributed by atoms with E-state index in [4.69, 9.17) is 0 Å². The molecule has 9 heteroatoms. The number of hydrogen-bond acceptors (Lipinski definition) is 6. The maximum Gasteiger partial charge on any atom is 0.272 e. The molecule has 0 bridgehead atoms. The van der Waals surface area contributed by atoms with Crippen LogP contribution in [0.1, 0.15) is 34.0 Å². The number of carbonyl (C=O) groups excluding carboxylic acids is 3. The number of aromatic nitrogens is 1. The normalized spacial score (nSPS) is 11.8. The Morgan fingerprint density at radius 3 is 2.33 bits per heavy atom. The summed E-state index contributed by atoms with van der Waals surface area (Å²) in [6, 6.07) is 31.7. The molecule has 1 heterocycles. The fourth-order valence-corrected chi connectivity index (χ4v) is 6.02. The molecule has 0 saturated heterocycles. The molecule has 3 N–H and O–H groups in total. The molecular formula is C36H32N4O3S2. The van der Waals surface area contributed by atoms with Crippen molar-refractivity contribution in [1.82, 2.24) is 10.3 Å². The molecule has 0 fully saturated rings. The minimum absolute atomic E-state index is 0.105. The molecule has 4 aromatic carbocycles. The van der Waals surface area contributed by atoms with Gasteiger partial charge >= 0.3 is 0 Å². The second-order valence-electron chi connectivity index (χ2n) is 10.4. The Balaban J connectivity index is 1.25. The zero-order valence-corrected chi connectivity index (χ0v) is 26.7. The summed E-state index contributed by atoms with van der Waals surface area (Å²) in [4.78, 5) is 44.8. The van der Waals surface area contributed by atoms with Gasteiger partial charge in [0.05, 0.1) is 10.9 Å². The number of rotatable bonds is 10. The Labute approximate surface area is 270 Å². The lowest BCUT2D eigenvalue weighted by Gasteiger charge is -2.14. The summed E-state index contributed by atoms with van der Waals surface area (Å²) < 4.78 is 0. The third-order valence-electron chi connectivity index (χ3n) is 6.74. The van der Waals surface area contributed by atoms with E-state index in [1.807, 2.05) is 92.9 Å². The summed E-state index contributed by atoms with van der Waals surface area (Å²) in [5, 5.41) is 10.6. The molecule has 5 aromatic rings. The quantitative estimate of drug-likeness (QED) is 0.107. The standard InChI is InChI=1S/C36H32N4O3S2/c1-23-15-17-27(18-16-23)32-22-44-36(39-32)40-33(41)25(3)45-30-14-8-13-29(21-30)37-35(43)31(20-26-10-7-9-24(2)19-26)38-34(42)28-11-5-4-6-12-28/h4-22,25H,1-3H3,(H,37,43)(H,38,42)(H,39,40,41)/b31-20+. The highest BCUT2D eigenvalue weighted by molar-refractivity contribution is 8.00. The van der Waals surface area contributed by atoms with Gasteiger partial charge in [-0.1, -0.05) is 83.9 Å². The highest BCUT2D eigenvalue weighted by Crippen LogP contribution is 2.29. The lowest BCUT2D eigenvalue weighted by Crippen LogP contribution is -2.30. The van der Waals surface area contributed by atoms with Gasteiger partial charge in [0.15, 0.2) is 5.13 Å². The van der Waals surface area contributed by atoms with Gasteiger partial charge in [-0.2, -0.15) is 0 Å². The molecule has 3 amide bonds. The van der Waals surface area contributed by atoms with E-state index in [0.29, 0.717) is 16.4 Å². The van der Waals surface area contributed by atoms with E-state index in [-0.39, 0.29) is 17.5 Å². The van der Waals surface area contributed by atoms with E-state index in [1.165, 1.54) is 28.7 Å². The molecule has 0 radical (unpaired) electrons. The van der Waals surface area contributed by atoms with Crippen LogP contribution in [-0.2, 0) is 9.59 Å². The average molecular weight is 633 g/mol. The fraction of sp³-hybridized carbons (Fsp3) is 0.111. The van der Waals surface area contributed by atoms with Crippen LogP contribution in [0.3, 0.4) is 0 Å². The second kappa shape index (κ2) is 14.7. The van der Waals surface area contributed by atoms with Crippen LogP contribution in [-0.4, -0.2) is 28.0 Å². The van der Waals surface area contributed by atoms with Crippen molar-refractivity contribution >= 4 is 57.7 Å². The van der Waals surface area contributed by atoms with Crippen molar-refractivity contribution in [3.63, 3.8) is 0 Å². The molecule has 1 atom stereocenters. The van der Waals surface area contributed by atoms with Crippen LogP contribution in [0.25, 0.3) is 17.3 Å². The predicted octanol–water partition coefficient (Wildman–Crippen LogP) is 7.96. The zero-order chi connectivity index (χ0) is 31.8. The van der Waals surface area contributed by atoms with Crippen molar-refractivity contribution in [2.75, 3.05) is 10.6 Å². The topological polar surface area (TPSA) is 100 Å². The molecule has 45 heavy (non-hydrogen) atoms. The molecule has 1 aromatic heterocycles. The molecular weight excluding hydrogens is 601 g/mol. The van der Waals surface area contributed by atoms with E-state index in [1.54, 1.807) is 42.5 Å². The van der Waals surface area contributed by atoms with Crippen molar-refractivity contribution in [2.24, 2.45) is 0 Å². The fourth-order valence-electron chi connectivity index (χ4n) is 4.37. The van der Waals surface area contributed by atoms with Crippen molar-refractivity contribution < 1.29 is 14.4 Å². The van der Waals surface area contributed by atoms with Gasteiger partial charge in [0, 0.05) is 27.1 Å². The molecule has 5 rings (SSSR count). The van der Waals surface area contributed by atoms with Gasteiger partial charge in [-0.15, -0.1) is 23.1 Å². The molecule has 0 saturated carbocycles. The molecule has 0 spiro atoms. The van der Waals surface area contributed by atoms with Gasteiger partial charge in [-0.3, -0.25) is 14.4 Å². The Bertz CT molecular complexity index is 1850. The number of thiazole rings is 1. The number of thioether (sulfide) groups is 1. The second-order valence-corrected chi connectivity index (χ2v) is 12.7. The number of hydrogen-bond donors (Lipinski definition) is 3. The molecule has 1 unspecified atom stereocenters. The summed E-state index contributed by atoms with van der Waals surface area (Å²) in [6.45, 7) is 5.82. The minimum atomic E-state index is -0.470. The number of aryl methyl sites for hydroxylation is 2. The number of anilines is 2. The van der Waals surface area contributed by atoms with Crippen LogP contribution < -0.4 is 16.0 Å². The molecule has 0 aliphatic carbocycles. The Hall–Kier alpha value is -4.99. The van der Waals surface area contributed by atoms with Gasteiger partial charge in [-0.25, -0.2) is 4.98 Å². The highest BCUT2D eigenvalue weighted by atomic mass is 32.2. The molecule has 7 nitrogen and oxygen atoms in total. The number of nitrogens with one attached hydrogen (secondary N) is 3. The van der Waals surface area contributed by atoms with Crippen LogP contribution in [0.15, 0.2) is 119 Å². The first-order valence-corrected chi connectivity index (χ1v) is 16.1. The first-order chi connectivity index (χ1) is 21.7. The van der Waals surface area contributed by atoms with E-state index >= 15 is 0 Å². The maximum absolute atomic E-state index is 13.5. The van der Waals surface area contributed by atoms with Crippen LogP contribution in [0.4, 0.5) is 10.8 Å². The van der Waals surface area contributed by atoms with Crippen LogP contribution in [0, 0.1) is 13.8 Å². The van der Waals surface area contributed by atoms with Crippen LogP contribution >= 0.6 is 23.1 Å². The monoisotopic (exact) mass is 632 g/mol. The van der Waals surface area contributed by atoms with Crippen molar-refractivity contribution in [3.05, 3.63) is 136 Å². The number of benzene rings is 4. The van der Waals surface area contributed by atoms with Gasteiger partial charge in [0.2, 0.25) is 5.91 Å². The zero-order valence-electron chi connectivity index (χ0n) is 25.0. The van der Waals surface area contributed by atoms with Gasteiger partial charge in [0.1, 0.15) is 5.70 Å². The summed E-state index contributed by atoms with van der Waals surface area (Å²) in [6.07, 6.45) is 1.65. The largest absolute Gasteiger partial charge is 0.321 e. The van der Waals surface area contributed by atoms with E-state index < -0.39 is 11.2 Å². The summed E-state index contributed by atoms with van der Waals surface area (Å²) >= 11 is 2.75. The third kappa shape index (κ3) is 8.78. The smallest absolute Gasteiger partial charge is 0.272 e. The van der Waals surface area contributed by atoms with Gasteiger partial charge in [-0.05, 0) is 62.7 Å². The first kappa shape index (κ1) is 31.4. The molecule has 226 valence electrons. The molecule has 0 aliphatic heterocycles. The minimum Gasteiger partial charge on any atom is -0.321 e. The van der Waals surface area contributed by atoms with Crippen molar-refractivity contribution in [1.29, 1.82) is 0 Å². The average Bonchev–Trinajstić information content (AvgIpc) is 3.50. The SMILES string of the molecule is Cc1ccc(-c2csc(NC(=O)C(C)Sc3cccc(NC(=O)/C(=C\c4cccc(C)c4)NC(=O)c4ccccc4)c3)n2)cc1. The Morgan fingerprint density at radius 1 is 0.822 bits per heavy atom. The highest BCUT2D eigenvalue weighted by Gasteiger charge is 2.18. The predicted molar refractivity (Wildman–Crippen MR) is 184 cm³/mol. The Morgan fingerprint density at radius 2 is 1.58 bits per heavy atom. The summed E-state index contributed by atoms with van der Waals surface area (Å²) in [5.41, 5.74) is 5.87. The van der Waals surface area contributed by atoms with Crippen LogP contribution in [0.2, 0.25) is 0 Å². The lowest BCUT2D eigenvalue weighted by molar-refractivity contribution is -0.115. The lowest BCUT2D eigenvalue weighted by atomic mass is 10.1. The van der Waals surface area contributed by atoms with Crippen molar-refractivity contribution in [2.45, 2.75) is 30.9 Å². The third-order valence-corrected chi connectivity index (χ3v) is 8.59. The van der Waals surface area contributed by atoms with E-state index in [0.717, 1.165) is 27.3 Å². The van der Waals surface area contributed by atoms with E-state index in [9.17, 15) is 14.4 Å².